The van der Waals surface area contributed by atoms with Gasteiger partial charge in [0.15, 0.2) is 11.4 Å². The molecule has 0 aromatic carbocycles. The lowest BCUT2D eigenvalue weighted by Gasteiger charge is -2.53. The Hall–Kier alpha value is -2.05. The monoisotopic (exact) mass is 428 g/mol. The van der Waals surface area contributed by atoms with Crippen molar-refractivity contribution in [3.05, 3.63) is 34.9 Å². The number of hydrogen-bond donors (Lipinski definition) is 2. The fourth-order valence-electron chi connectivity index (χ4n) is 6.84. The molecular weight excluding hydrogens is 396 g/mol. The molecule has 0 saturated heterocycles. The van der Waals surface area contributed by atoms with Gasteiger partial charge in [0.05, 0.1) is 6.10 Å². The van der Waals surface area contributed by atoms with E-state index in [0.717, 1.165) is 23.1 Å². The first-order valence-electron chi connectivity index (χ1n) is 11.3. The van der Waals surface area contributed by atoms with Crippen LogP contribution in [0.2, 0.25) is 0 Å². The lowest BCUT2D eigenvalue weighted by atomic mass is 9.52. The zero-order valence-electron chi connectivity index (χ0n) is 18.6. The summed E-state index contributed by atoms with van der Waals surface area (Å²) in [4.78, 5) is 37.5. The fourth-order valence-corrected chi connectivity index (χ4v) is 6.84. The van der Waals surface area contributed by atoms with Crippen molar-refractivity contribution in [1.29, 1.82) is 0 Å². The van der Waals surface area contributed by atoms with Crippen LogP contribution in [0, 0.1) is 16.7 Å². The lowest BCUT2D eigenvalue weighted by molar-refractivity contribution is -0.186. The first-order valence-corrected chi connectivity index (χ1v) is 11.3. The average molecular weight is 429 g/mol. The van der Waals surface area contributed by atoms with Gasteiger partial charge in [-0.3, -0.25) is 14.4 Å². The summed E-state index contributed by atoms with van der Waals surface area (Å²) < 4.78 is 5.89. The van der Waals surface area contributed by atoms with E-state index < -0.39 is 40.9 Å². The number of allylic oxidation sites excluding steroid dienone is 5. The van der Waals surface area contributed by atoms with Crippen LogP contribution in [0.5, 0.6) is 0 Å². The predicted octanol–water partition coefficient (Wildman–Crippen LogP) is 2.97. The van der Waals surface area contributed by atoms with Crippen molar-refractivity contribution in [2.24, 2.45) is 16.7 Å². The summed E-state index contributed by atoms with van der Waals surface area (Å²) in [6, 6.07) is 0. The predicted molar refractivity (Wildman–Crippen MR) is 114 cm³/mol. The van der Waals surface area contributed by atoms with Crippen molar-refractivity contribution in [1.82, 2.24) is 0 Å². The standard InChI is InChI=1S/C25H32O6/c1-4-5-21(30)31-25(20(29)14-26)11-9-18-17-7-6-15-12-16(27)8-10-23(15,2)22(17)19(28)13-24(18,25)3/h8,10,12,18-19,26,28H,4-7,9,11,13-14H2,1-3H3/t18-,19?,23-,24-,25-/m0/s1. The van der Waals surface area contributed by atoms with Crippen LogP contribution in [0.3, 0.4) is 0 Å². The number of carbonyl (C=O) groups excluding carboxylic acids is 3. The highest BCUT2D eigenvalue weighted by atomic mass is 16.6. The largest absolute Gasteiger partial charge is 0.450 e. The zero-order chi connectivity index (χ0) is 22.6. The van der Waals surface area contributed by atoms with Crippen molar-refractivity contribution >= 4 is 17.5 Å². The van der Waals surface area contributed by atoms with Gasteiger partial charge in [0, 0.05) is 17.3 Å². The number of aliphatic hydroxyl groups is 2. The van der Waals surface area contributed by atoms with Gasteiger partial charge in [-0.15, -0.1) is 0 Å². The zero-order valence-corrected chi connectivity index (χ0v) is 18.6. The molecule has 31 heavy (non-hydrogen) atoms. The summed E-state index contributed by atoms with van der Waals surface area (Å²) in [7, 11) is 0. The molecule has 168 valence electrons. The Balaban J connectivity index is 1.81. The van der Waals surface area contributed by atoms with Gasteiger partial charge in [0.2, 0.25) is 5.78 Å². The summed E-state index contributed by atoms with van der Waals surface area (Å²) in [6.45, 7) is 5.15. The summed E-state index contributed by atoms with van der Waals surface area (Å²) in [6.07, 6.45) is 7.86. The number of ketones is 2. The third kappa shape index (κ3) is 3.02. The smallest absolute Gasteiger partial charge is 0.306 e. The molecule has 0 aromatic rings. The van der Waals surface area contributed by atoms with Crippen LogP contribution in [-0.4, -0.2) is 46.1 Å². The number of fused-ring (bicyclic) bond motifs is 4. The Morgan fingerprint density at radius 1 is 1.26 bits per heavy atom. The van der Waals surface area contributed by atoms with Gasteiger partial charge in [-0.25, -0.2) is 0 Å². The molecule has 4 aliphatic rings. The normalized spacial score (nSPS) is 38.9. The molecular formula is C25H32O6. The number of ether oxygens (including phenoxy) is 1. The van der Waals surface area contributed by atoms with E-state index >= 15 is 0 Å². The SMILES string of the molecule is CCCC(=O)O[C@]1(C(=O)CO)CC[C@H]2C3=C(C(O)C[C@@]21C)[C@@]1(C)C=CC(=O)C=C1CC3. The summed E-state index contributed by atoms with van der Waals surface area (Å²) in [5, 5.41) is 21.2. The number of carbonyl (C=O) groups is 3. The van der Waals surface area contributed by atoms with Crippen molar-refractivity contribution in [2.45, 2.75) is 77.4 Å². The molecule has 4 aliphatic carbocycles. The van der Waals surface area contributed by atoms with Gasteiger partial charge >= 0.3 is 5.97 Å². The van der Waals surface area contributed by atoms with Crippen molar-refractivity contribution in [2.75, 3.05) is 6.61 Å². The van der Waals surface area contributed by atoms with E-state index in [1.165, 1.54) is 0 Å². The summed E-state index contributed by atoms with van der Waals surface area (Å²) >= 11 is 0. The molecule has 1 fully saturated rings. The Morgan fingerprint density at radius 3 is 2.68 bits per heavy atom. The maximum atomic E-state index is 13.0. The molecule has 1 saturated carbocycles. The van der Waals surface area contributed by atoms with Crippen LogP contribution in [0.4, 0.5) is 0 Å². The number of hydrogen-bond acceptors (Lipinski definition) is 6. The maximum absolute atomic E-state index is 13.0. The third-order valence-electron chi connectivity index (χ3n) is 8.32. The first kappa shape index (κ1) is 22.2. The highest BCUT2D eigenvalue weighted by molar-refractivity contribution is 6.01. The van der Waals surface area contributed by atoms with E-state index in [2.05, 4.69) is 0 Å². The van der Waals surface area contributed by atoms with E-state index in [4.69, 9.17) is 4.74 Å². The van der Waals surface area contributed by atoms with Crippen LogP contribution in [0.1, 0.15) is 65.7 Å². The minimum Gasteiger partial charge on any atom is -0.450 e. The summed E-state index contributed by atoms with van der Waals surface area (Å²) in [5.41, 5.74) is 0.357. The molecule has 0 radical (unpaired) electrons. The van der Waals surface area contributed by atoms with Gasteiger partial charge in [-0.1, -0.05) is 31.1 Å². The molecule has 0 aliphatic heterocycles. The second kappa shape index (κ2) is 7.52. The Morgan fingerprint density at radius 2 is 2.00 bits per heavy atom. The van der Waals surface area contributed by atoms with Crippen LogP contribution >= 0.6 is 0 Å². The van der Waals surface area contributed by atoms with E-state index in [1.807, 2.05) is 26.8 Å². The number of rotatable bonds is 5. The minimum atomic E-state index is -1.42. The fraction of sp³-hybridized carbons (Fsp3) is 0.640. The minimum absolute atomic E-state index is 0.0251. The second-order valence-electron chi connectivity index (χ2n) is 9.91. The molecule has 6 heteroatoms. The molecule has 0 heterocycles. The second-order valence-corrected chi connectivity index (χ2v) is 9.91. The average Bonchev–Trinajstić information content (AvgIpc) is 3.00. The van der Waals surface area contributed by atoms with E-state index in [1.54, 1.807) is 12.2 Å². The van der Waals surface area contributed by atoms with Crippen LogP contribution in [0.15, 0.2) is 34.9 Å². The highest BCUT2D eigenvalue weighted by Gasteiger charge is 2.67. The van der Waals surface area contributed by atoms with E-state index in [-0.39, 0.29) is 24.5 Å². The molecule has 0 amide bonds. The molecule has 0 bridgehead atoms. The molecule has 2 N–H and O–H groups in total. The van der Waals surface area contributed by atoms with Gasteiger partial charge < -0.3 is 14.9 Å². The van der Waals surface area contributed by atoms with E-state index in [9.17, 15) is 24.6 Å². The topological polar surface area (TPSA) is 101 Å². The Kier molecular flexibility index (Phi) is 5.38. The highest BCUT2D eigenvalue weighted by Crippen LogP contribution is 2.65. The first-order chi connectivity index (χ1) is 14.6. The molecule has 1 unspecified atom stereocenters. The molecule has 4 rings (SSSR count). The van der Waals surface area contributed by atoms with Crippen LogP contribution in [-0.2, 0) is 19.1 Å². The van der Waals surface area contributed by atoms with Crippen LogP contribution in [0.25, 0.3) is 0 Å². The van der Waals surface area contributed by atoms with Crippen molar-refractivity contribution in [3.63, 3.8) is 0 Å². The molecule has 6 nitrogen and oxygen atoms in total. The van der Waals surface area contributed by atoms with Gasteiger partial charge in [-0.05, 0) is 69.1 Å². The Labute approximate surface area is 183 Å². The van der Waals surface area contributed by atoms with Gasteiger partial charge in [-0.2, -0.15) is 0 Å². The quantitative estimate of drug-likeness (QED) is 0.516. The van der Waals surface area contributed by atoms with Crippen LogP contribution < -0.4 is 0 Å². The Bertz CT molecular complexity index is 926. The van der Waals surface area contributed by atoms with Gasteiger partial charge in [0.1, 0.15) is 6.61 Å². The van der Waals surface area contributed by atoms with Gasteiger partial charge in [0.25, 0.3) is 0 Å². The lowest BCUT2D eigenvalue weighted by Crippen LogP contribution is -2.58. The number of esters is 1. The molecule has 5 atom stereocenters. The summed E-state index contributed by atoms with van der Waals surface area (Å²) in [5.74, 6) is -0.970. The van der Waals surface area contributed by atoms with E-state index in [0.29, 0.717) is 25.7 Å². The molecule has 0 spiro atoms. The third-order valence-corrected chi connectivity index (χ3v) is 8.32. The van der Waals surface area contributed by atoms with Crippen molar-refractivity contribution in [3.8, 4) is 0 Å². The maximum Gasteiger partial charge on any atom is 0.306 e. The number of Topliss-reactive ketones (excluding diaryl/α,β-unsaturated/α-hetero) is 1. The van der Waals surface area contributed by atoms with Crippen molar-refractivity contribution < 1.29 is 29.3 Å². The number of aliphatic hydroxyl groups excluding tert-OH is 2. The molecule has 0 aromatic heterocycles.